The van der Waals surface area contributed by atoms with E-state index in [2.05, 4.69) is 17.6 Å². The predicted octanol–water partition coefficient (Wildman–Crippen LogP) is 0.0987. The normalized spacial score (nSPS) is 49.7. The quantitative estimate of drug-likeness (QED) is 0.481. The first-order valence-corrected chi connectivity index (χ1v) is 3.84. The minimum Gasteiger partial charge on any atom is -0.312 e. The van der Waals surface area contributed by atoms with Crippen molar-refractivity contribution in [1.82, 2.24) is 10.6 Å². The Morgan fingerprint density at radius 2 is 2.11 bits per heavy atom. The Balaban J connectivity index is 2.03. The summed E-state index contributed by atoms with van der Waals surface area (Å²) in [5.41, 5.74) is 0. The minimum atomic E-state index is 0.740. The first-order valence-electron chi connectivity index (χ1n) is 3.84. The van der Waals surface area contributed by atoms with Crippen molar-refractivity contribution < 1.29 is 0 Å². The second-order valence-electron chi connectivity index (χ2n) is 3.34. The zero-order valence-corrected chi connectivity index (χ0v) is 5.85. The van der Waals surface area contributed by atoms with Gasteiger partial charge in [0.1, 0.15) is 0 Å². The Labute approximate surface area is 56.0 Å². The standard InChI is InChI=1S/C7H14N2/c1-5-2-6-3-7(9-5)4-8-6/h5-9H,2-4H2,1H3/t5-,6?,7?/m1/s1. The van der Waals surface area contributed by atoms with Crippen molar-refractivity contribution in [2.75, 3.05) is 6.54 Å². The van der Waals surface area contributed by atoms with E-state index >= 15 is 0 Å². The van der Waals surface area contributed by atoms with E-state index in [1.165, 1.54) is 19.4 Å². The molecule has 2 heterocycles. The topological polar surface area (TPSA) is 24.1 Å². The molecule has 2 aliphatic rings. The summed E-state index contributed by atoms with van der Waals surface area (Å²) in [5.74, 6) is 0. The van der Waals surface area contributed by atoms with E-state index in [0.717, 1.165) is 18.1 Å². The molecule has 3 atom stereocenters. The van der Waals surface area contributed by atoms with Crippen LogP contribution in [0.2, 0.25) is 0 Å². The molecular formula is C7H14N2. The number of rotatable bonds is 0. The second-order valence-corrected chi connectivity index (χ2v) is 3.34. The highest BCUT2D eigenvalue weighted by Gasteiger charge is 2.30. The summed E-state index contributed by atoms with van der Waals surface area (Å²) in [4.78, 5) is 0. The van der Waals surface area contributed by atoms with Gasteiger partial charge in [-0.25, -0.2) is 0 Å². The van der Waals surface area contributed by atoms with Crippen LogP contribution in [-0.4, -0.2) is 24.7 Å². The average Bonchev–Trinajstić information content (AvgIpc) is 2.11. The molecule has 9 heavy (non-hydrogen) atoms. The second kappa shape index (κ2) is 1.96. The highest BCUT2D eigenvalue weighted by molar-refractivity contribution is 4.94. The number of hydrogen-bond acceptors (Lipinski definition) is 2. The van der Waals surface area contributed by atoms with Gasteiger partial charge in [0, 0.05) is 24.7 Å². The van der Waals surface area contributed by atoms with Crippen molar-refractivity contribution in [3.8, 4) is 0 Å². The van der Waals surface area contributed by atoms with Crippen molar-refractivity contribution in [2.24, 2.45) is 0 Å². The van der Waals surface area contributed by atoms with E-state index < -0.39 is 0 Å². The van der Waals surface area contributed by atoms with Crippen molar-refractivity contribution >= 4 is 0 Å². The van der Waals surface area contributed by atoms with Gasteiger partial charge in [-0.15, -0.1) is 0 Å². The molecule has 2 fully saturated rings. The van der Waals surface area contributed by atoms with E-state index in [0.29, 0.717) is 0 Å². The van der Waals surface area contributed by atoms with Crippen molar-refractivity contribution in [3.63, 3.8) is 0 Å². The van der Waals surface area contributed by atoms with Gasteiger partial charge in [-0.2, -0.15) is 0 Å². The number of nitrogens with one attached hydrogen (secondary N) is 2. The third-order valence-electron chi connectivity index (χ3n) is 2.38. The Kier molecular flexibility index (Phi) is 1.24. The van der Waals surface area contributed by atoms with E-state index in [1.54, 1.807) is 0 Å². The van der Waals surface area contributed by atoms with Gasteiger partial charge >= 0.3 is 0 Å². The van der Waals surface area contributed by atoms with Crippen LogP contribution in [0, 0.1) is 0 Å². The van der Waals surface area contributed by atoms with Crippen molar-refractivity contribution in [1.29, 1.82) is 0 Å². The van der Waals surface area contributed by atoms with Gasteiger partial charge in [0.05, 0.1) is 0 Å². The Morgan fingerprint density at radius 1 is 1.22 bits per heavy atom. The predicted molar refractivity (Wildman–Crippen MR) is 37.4 cm³/mol. The smallest absolute Gasteiger partial charge is 0.0209 e. The molecule has 0 aromatic heterocycles. The first-order chi connectivity index (χ1) is 4.34. The molecule has 2 aliphatic heterocycles. The van der Waals surface area contributed by atoms with Crippen LogP contribution in [0.3, 0.4) is 0 Å². The van der Waals surface area contributed by atoms with E-state index in [1.807, 2.05) is 0 Å². The van der Waals surface area contributed by atoms with Gasteiger partial charge in [-0.05, 0) is 19.8 Å². The summed E-state index contributed by atoms with van der Waals surface area (Å²) in [6, 6.07) is 2.34. The Morgan fingerprint density at radius 3 is 2.89 bits per heavy atom. The molecule has 0 amide bonds. The molecule has 0 aromatic carbocycles. The average molecular weight is 126 g/mol. The molecule has 2 unspecified atom stereocenters. The SMILES string of the molecule is C[C@@H]1CC2CC(CN2)N1. The van der Waals surface area contributed by atoms with Gasteiger partial charge in [0.15, 0.2) is 0 Å². The van der Waals surface area contributed by atoms with E-state index in [-0.39, 0.29) is 0 Å². The molecule has 2 bridgehead atoms. The molecule has 0 spiro atoms. The maximum Gasteiger partial charge on any atom is 0.0209 e. The van der Waals surface area contributed by atoms with Crippen LogP contribution in [0.5, 0.6) is 0 Å². The third kappa shape index (κ3) is 0.970. The summed E-state index contributed by atoms with van der Waals surface area (Å²) >= 11 is 0. The zero-order valence-electron chi connectivity index (χ0n) is 5.85. The Hall–Kier alpha value is -0.0800. The van der Waals surface area contributed by atoms with Gasteiger partial charge in [0.25, 0.3) is 0 Å². The van der Waals surface area contributed by atoms with Gasteiger partial charge in [-0.3, -0.25) is 0 Å². The lowest BCUT2D eigenvalue weighted by Crippen LogP contribution is -2.41. The molecule has 2 heteroatoms. The maximum atomic E-state index is 3.55. The largest absolute Gasteiger partial charge is 0.312 e. The number of hydrogen-bond donors (Lipinski definition) is 2. The molecule has 0 aliphatic carbocycles. The first kappa shape index (κ1) is 5.69. The van der Waals surface area contributed by atoms with E-state index in [9.17, 15) is 0 Å². The van der Waals surface area contributed by atoms with Crippen LogP contribution in [-0.2, 0) is 0 Å². The monoisotopic (exact) mass is 126 g/mol. The molecule has 0 aromatic rings. The fourth-order valence-corrected chi connectivity index (χ4v) is 2.02. The molecule has 2 N–H and O–H groups in total. The summed E-state index contributed by atoms with van der Waals surface area (Å²) in [7, 11) is 0. The van der Waals surface area contributed by atoms with Crippen LogP contribution in [0.4, 0.5) is 0 Å². The summed E-state index contributed by atoms with van der Waals surface area (Å²) in [6.45, 7) is 3.46. The molecule has 2 saturated heterocycles. The minimum absolute atomic E-state index is 0.740. The molecule has 0 radical (unpaired) electrons. The highest BCUT2D eigenvalue weighted by atomic mass is 15.1. The summed E-state index contributed by atoms with van der Waals surface area (Å²) in [6.07, 6.45) is 2.67. The lowest BCUT2D eigenvalue weighted by atomic mass is 10.00. The van der Waals surface area contributed by atoms with Crippen LogP contribution < -0.4 is 10.6 Å². The molecular weight excluding hydrogens is 112 g/mol. The van der Waals surface area contributed by atoms with Crippen LogP contribution in [0.25, 0.3) is 0 Å². The van der Waals surface area contributed by atoms with Crippen LogP contribution in [0.1, 0.15) is 19.8 Å². The van der Waals surface area contributed by atoms with Crippen molar-refractivity contribution in [2.45, 2.75) is 37.9 Å². The third-order valence-corrected chi connectivity index (χ3v) is 2.38. The maximum absolute atomic E-state index is 3.55. The lowest BCUT2D eigenvalue weighted by Gasteiger charge is -2.25. The lowest BCUT2D eigenvalue weighted by molar-refractivity contribution is 0.365. The van der Waals surface area contributed by atoms with Gasteiger partial charge in [-0.1, -0.05) is 0 Å². The number of fused-ring (bicyclic) bond motifs is 2. The summed E-state index contributed by atoms with van der Waals surface area (Å²) < 4.78 is 0. The van der Waals surface area contributed by atoms with Gasteiger partial charge in [0.2, 0.25) is 0 Å². The van der Waals surface area contributed by atoms with Crippen molar-refractivity contribution in [3.05, 3.63) is 0 Å². The van der Waals surface area contributed by atoms with Gasteiger partial charge < -0.3 is 10.6 Å². The molecule has 2 nitrogen and oxygen atoms in total. The van der Waals surface area contributed by atoms with Crippen LogP contribution >= 0.6 is 0 Å². The molecule has 0 saturated carbocycles. The Bertz CT molecular complexity index is 101. The fourth-order valence-electron chi connectivity index (χ4n) is 2.02. The summed E-state index contributed by atoms with van der Waals surface area (Å²) in [5, 5.41) is 7.03. The van der Waals surface area contributed by atoms with E-state index in [4.69, 9.17) is 0 Å². The highest BCUT2D eigenvalue weighted by Crippen LogP contribution is 2.17. The van der Waals surface area contributed by atoms with Crippen LogP contribution in [0.15, 0.2) is 0 Å². The molecule has 2 rings (SSSR count). The number of piperidine rings is 1. The fraction of sp³-hybridized carbons (Fsp3) is 1.00. The molecule has 52 valence electrons. The zero-order chi connectivity index (χ0) is 6.27.